The highest BCUT2D eigenvalue weighted by atomic mass is 79.9. The van der Waals surface area contributed by atoms with Gasteiger partial charge in [0, 0.05) is 7.11 Å². The molecule has 10 heteroatoms. The molecule has 0 aliphatic rings. The highest BCUT2D eigenvalue weighted by molar-refractivity contribution is 9.11. The number of anilines is 1. The quantitative estimate of drug-likeness (QED) is 0.535. The van der Waals surface area contributed by atoms with Crippen molar-refractivity contribution >= 4 is 69.5 Å². The van der Waals surface area contributed by atoms with Crippen LogP contribution in [0.4, 0.5) is 5.82 Å². The number of aliphatic hydroxyl groups is 1. The molecule has 0 unspecified atom stereocenters. The smallest absolute Gasteiger partial charge is 0.156 e. The second kappa shape index (κ2) is 10.6. The first kappa shape index (κ1) is 19.8. The molecule has 2 heterocycles. The molecule has 0 bridgehead atoms. The summed E-state index contributed by atoms with van der Waals surface area (Å²) in [5.74, 6) is 0.401. The lowest BCUT2D eigenvalue weighted by atomic mass is 10.5. The normalized spacial score (nSPS) is 8.95. The molecule has 0 amide bonds. The van der Waals surface area contributed by atoms with E-state index in [-0.39, 0.29) is 0 Å². The third kappa shape index (κ3) is 7.58. The van der Waals surface area contributed by atoms with Gasteiger partial charge in [-0.3, -0.25) is 4.98 Å². The van der Waals surface area contributed by atoms with Crippen LogP contribution in [-0.2, 0) is 0 Å². The fourth-order valence-electron chi connectivity index (χ4n) is 0.763. The SMILES string of the molecule is CO.Cc1ncc(Br)nc1Br.Nc1ncc(Br)nc1Br. The summed E-state index contributed by atoms with van der Waals surface area (Å²) < 4.78 is 2.78. The van der Waals surface area contributed by atoms with Gasteiger partial charge in [0.2, 0.25) is 0 Å². The summed E-state index contributed by atoms with van der Waals surface area (Å²) in [6, 6.07) is 0. The highest BCUT2D eigenvalue weighted by Gasteiger charge is 1.96. The molecule has 20 heavy (non-hydrogen) atoms. The van der Waals surface area contributed by atoms with Crippen molar-refractivity contribution in [1.29, 1.82) is 0 Å². The van der Waals surface area contributed by atoms with E-state index >= 15 is 0 Å². The first-order valence-electron chi connectivity index (χ1n) is 4.93. The Labute approximate surface area is 150 Å². The minimum atomic E-state index is 0.401. The molecule has 0 fully saturated rings. The number of hydrogen-bond donors (Lipinski definition) is 2. The lowest BCUT2D eigenvalue weighted by Crippen LogP contribution is -1.92. The molecule has 0 aliphatic carbocycles. The van der Waals surface area contributed by atoms with Gasteiger partial charge >= 0.3 is 0 Å². The van der Waals surface area contributed by atoms with Gasteiger partial charge < -0.3 is 10.8 Å². The number of nitrogens with two attached hydrogens (primary N) is 1. The van der Waals surface area contributed by atoms with Gasteiger partial charge in [-0.1, -0.05) is 0 Å². The Morgan fingerprint density at radius 2 is 1.35 bits per heavy atom. The number of halogens is 4. The summed E-state index contributed by atoms with van der Waals surface area (Å²) in [5, 5.41) is 7.00. The van der Waals surface area contributed by atoms with Gasteiger partial charge in [-0.05, 0) is 70.6 Å². The summed E-state index contributed by atoms with van der Waals surface area (Å²) in [6.45, 7) is 1.89. The first-order chi connectivity index (χ1) is 9.40. The molecule has 0 spiro atoms. The number of rotatable bonds is 0. The largest absolute Gasteiger partial charge is 0.400 e. The third-order valence-electron chi connectivity index (χ3n) is 1.59. The summed E-state index contributed by atoms with van der Waals surface area (Å²) in [5.41, 5.74) is 6.25. The van der Waals surface area contributed by atoms with Crippen molar-refractivity contribution in [2.45, 2.75) is 6.92 Å². The molecule has 3 N–H and O–H groups in total. The van der Waals surface area contributed by atoms with E-state index in [4.69, 9.17) is 10.8 Å². The van der Waals surface area contributed by atoms with Crippen molar-refractivity contribution in [3.63, 3.8) is 0 Å². The van der Waals surface area contributed by atoms with Crippen molar-refractivity contribution < 1.29 is 5.11 Å². The second-order valence-electron chi connectivity index (χ2n) is 2.94. The van der Waals surface area contributed by atoms with E-state index in [1.165, 1.54) is 0 Å². The minimum Gasteiger partial charge on any atom is -0.400 e. The molecule has 2 aromatic heterocycles. The van der Waals surface area contributed by atoms with Gasteiger partial charge in [-0.2, -0.15) is 0 Å². The molecule has 0 saturated carbocycles. The van der Waals surface area contributed by atoms with Crippen molar-refractivity contribution in [1.82, 2.24) is 19.9 Å². The van der Waals surface area contributed by atoms with Gasteiger partial charge in [0.15, 0.2) is 5.82 Å². The van der Waals surface area contributed by atoms with Crippen molar-refractivity contribution in [3.8, 4) is 0 Å². The minimum absolute atomic E-state index is 0.401. The molecule has 110 valence electrons. The van der Waals surface area contributed by atoms with E-state index < -0.39 is 0 Å². The van der Waals surface area contributed by atoms with Crippen LogP contribution < -0.4 is 5.73 Å². The zero-order valence-electron chi connectivity index (χ0n) is 10.5. The predicted octanol–water partition coefficient (Wildman–Crippen LogP) is 3.50. The molecular weight excluding hydrogens is 526 g/mol. The first-order valence-corrected chi connectivity index (χ1v) is 8.10. The zero-order valence-corrected chi connectivity index (χ0v) is 16.8. The Hall–Kier alpha value is -0.160. The van der Waals surface area contributed by atoms with E-state index in [1.54, 1.807) is 12.4 Å². The number of hydrogen-bond acceptors (Lipinski definition) is 6. The van der Waals surface area contributed by atoms with Crippen LogP contribution in [0.5, 0.6) is 0 Å². The van der Waals surface area contributed by atoms with Crippen LogP contribution >= 0.6 is 63.7 Å². The van der Waals surface area contributed by atoms with E-state index in [1.807, 2.05) is 6.92 Å². The highest BCUT2D eigenvalue weighted by Crippen LogP contribution is 2.15. The predicted molar refractivity (Wildman–Crippen MR) is 92.2 cm³/mol. The summed E-state index contributed by atoms with van der Waals surface area (Å²) in [6.07, 6.45) is 3.21. The van der Waals surface area contributed by atoms with E-state index in [2.05, 4.69) is 83.7 Å². The molecule has 6 nitrogen and oxygen atoms in total. The number of aromatic nitrogens is 4. The Kier molecular flexibility index (Phi) is 10.5. The van der Waals surface area contributed by atoms with Gasteiger partial charge in [-0.15, -0.1) is 0 Å². The lowest BCUT2D eigenvalue weighted by molar-refractivity contribution is 0.399. The van der Waals surface area contributed by atoms with Crippen LogP contribution in [0.25, 0.3) is 0 Å². The Morgan fingerprint density at radius 1 is 0.900 bits per heavy atom. The molecular formula is C10H11Br4N5O. The monoisotopic (exact) mass is 533 g/mol. The number of nitrogen functional groups attached to an aromatic ring is 1. The number of aliphatic hydroxyl groups excluding tert-OH is 1. The second-order valence-corrected chi connectivity index (χ2v) is 6.06. The molecule has 0 radical (unpaired) electrons. The van der Waals surface area contributed by atoms with Crippen LogP contribution in [-0.4, -0.2) is 32.2 Å². The van der Waals surface area contributed by atoms with Crippen LogP contribution in [0.1, 0.15) is 5.69 Å². The zero-order chi connectivity index (χ0) is 15.7. The van der Waals surface area contributed by atoms with Gasteiger partial charge in [-0.25, -0.2) is 15.0 Å². The average molecular weight is 537 g/mol. The summed E-state index contributed by atoms with van der Waals surface area (Å²) in [4.78, 5) is 15.8. The van der Waals surface area contributed by atoms with Crippen LogP contribution in [0.3, 0.4) is 0 Å². The Bertz CT molecular complexity index is 506. The number of nitrogens with zero attached hydrogens (tertiary/aromatic N) is 4. The average Bonchev–Trinajstić information content (AvgIpc) is 2.42. The van der Waals surface area contributed by atoms with Crippen molar-refractivity contribution in [2.24, 2.45) is 0 Å². The third-order valence-corrected chi connectivity index (χ3v) is 3.69. The van der Waals surface area contributed by atoms with Gasteiger partial charge in [0.25, 0.3) is 0 Å². The van der Waals surface area contributed by atoms with Crippen LogP contribution in [0.2, 0.25) is 0 Å². The standard InChI is InChI=1S/C5H4Br2N2.C4H3Br2N3.CH4O/c1-3-5(7)9-4(6)2-8-3;5-2-1-8-4(7)3(6)9-2;1-2/h2H,1H3;1H,(H2,7,8);2H,1H3. The molecule has 0 atom stereocenters. The van der Waals surface area contributed by atoms with Crippen molar-refractivity contribution in [3.05, 3.63) is 36.5 Å². The van der Waals surface area contributed by atoms with E-state index in [0.29, 0.717) is 15.0 Å². The molecule has 2 rings (SSSR count). The van der Waals surface area contributed by atoms with Gasteiger partial charge in [0.1, 0.15) is 18.4 Å². The Morgan fingerprint density at radius 3 is 1.70 bits per heavy atom. The topological polar surface area (TPSA) is 97.8 Å². The summed E-state index contributed by atoms with van der Waals surface area (Å²) >= 11 is 12.7. The number of aryl methyl sites for hydroxylation is 1. The fraction of sp³-hybridized carbons (Fsp3) is 0.200. The van der Waals surface area contributed by atoms with Crippen LogP contribution in [0, 0.1) is 6.92 Å². The van der Waals surface area contributed by atoms with E-state index in [0.717, 1.165) is 22.0 Å². The summed E-state index contributed by atoms with van der Waals surface area (Å²) in [7, 11) is 1.00. The Balaban J connectivity index is 0.000000321. The molecule has 0 saturated heterocycles. The van der Waals surface area contributed by atoms with Gasteiger partial charge in [0.05, 0.1) is 18.1 Å². The molecule has 0 aromatic carbocycles. The fourth-order valence-corrected chi connectivity index (χ4v) is 2.38. The molecule has 0 aliphatic heterocycles. The van der Waals surface area contributed by atoms with E-state index in [9.17, 15) is 0 Å². The molecule has 2 aromatic rings. The van der Waals surface area contributed by atoms with Crippen LogP contribution in [0.15, 0.2) is 30.8 Å². The maximum atomic E-state index is 7.00. The van der Waals surface area contributed by atoms with Crippen molar-refractivity contribution in [2.75, 3.05) is 12.8 Å². The maximum Gasteiger partial charge on any atom is 0.156 e. The lowest BCUT2D eigenvalue weighted by Gasteiger charge is -1.93. The maximum absolute atomic E-state index is 7.00.